The van der Waals surface area contributed by atoms with E-state index in [2.05, 4.69) is 43.0 Å². The SMILES string of the molecule is c1ccc2c(N3CCCC3)nc(NCCCn3ccnc3)nc2c1. The van der Waals surface area contributed by atoms with Gasteiger partial charge >= 0.3 is 0 Å². The molecule has 1 saturated heterocycles. The first-order valence-corrected chi connectivity index (χ1v) is 8.61. The summed E-state index contributed by atoms with van der Waals surface area (Å²) in [5, 5.41) is 4.52. The Labute approximate surface area is 141 Å². The fourth-order valence-electron chi connectivity index (χ4n) is 3.19. The predicted octanol–water partition coefficient (Wildman–Crippen LogP) is 2.93. The van der Waals surface area contributed by atoms with Gasteiger partial charge in [0.05, 0.1) is 11.8 Å². The van der Waals surface area contributed by atoms with Gasteiger partial charge in [-0.05, 0) is 31.4 Å². The van der Waals surface area contributed by atoms with Gasteiger partial charge in [-0.2, -0.15) is 4.98 Å². The number of hydrogen-bond acceptors (Lipinski definition) is 5. The molecule has 2 aromatic heterocycles. The van der Waals surface area contributed by atoms with Crippen molar-refractivity contribution in [2.24, 2.45) is 0 Å². The fraction of sp³-hybridized carbons (Fsp3) is 0.389. The molecular formula is C18H22N6. The minimum Gasteiger partial charge on any atom is -0.356 e. The quantitative estimate of drug-likeness (QED) is 0.707. The van der Waals surface area contributed by atoms with Gasteiger partial charge in [-0.15, -0.1) is 0 Å². The number of benzene rings is 1. The molecule has 0 amide bonds. The topological polar surface area (TPSA) is 58.9 Å². The van der Waals surface area contributed by atoms with Crippen molar-refractivity contribution in [1.82, 2.24) is 19.5 Å². The van der Waals surface area contributed by atoms with Crippen LogP contribution >= 0.6 is 0 Å². The highest BCUT2D eigenvalue weighted by Gasteiger charge is 2.17. The molecule has 24 heavy (non-hydrogen) atoms. The van der Waals surface area contributed by atoms with Crippen molar-refractivity contribution in [3.63, 3.8) is 0 Å². The lowest BCUT2D eigenvalue weighted by Gasteiger charge is -2.19. The molecule has 3 heterocycles. The largest absolute Gasteiger partial charge is 0.356 e. The van der Waals surface area contributed by atoms with Crippen LogP contribution in [-0.2, 0) is 6.54 Å². The average molecular weight is 322 g/mol. The summed E-state index contributed by atoms with van der Waals surface area (Å²) < 4.78 is 2.08. The summed E-state index contributed by atoms with van der Waals surface area (Å²) in [5.74, 6) is 1.79. The Bertz CT molecular complexity index is 792. The Morgan fingerprint density at radius 1 is 1.08 bits per heavy atom. The summed E-state index contributed by atoms with van der Waals surface area (Å²) in [5.41, 5.74) is 1.01. The van der Waals surface area contributed by atoms with Crippen molar-refractivity contribution in [2.75, 3.05) is 29.9 Å². The number of hydrogen-bond donors (Lipinski definition) is 1. The standard InChI is InChI=1S/C18H22N6/c1-2-7-16-15(6-1)17(24-11-3-4-12-24)22-18(21-16)20-8-5-10-23-13-9-19-14-23/h1-2,6-7,9,13-14H,3-5,8,10-12H2,(H,20,21,22). The van der Waals surface area contributed by atoms with Crippen LogP contribution < -0.4 is 10.2 Å². The van der Waals surface area contributed by atoms with E-state index >= 15 is 0 Å². The minimum absolute atomic E-state index is 0.723. The minimum atomic E-state index is 0.723. The van der Waals surface area contributed by atoms with Crippen LogP contribution in [0, 0.1) is 0 Å². The second-order valence-electron chi connectivity index (χ2n) is 6.16. The Morgan fingerprint density at radius 3 is 2.79 bits per heavy atom. The first kappa shape index (κ1) is 14.9. The van der Waals surface area contributed by atoms with Crippen LogP contribution in [0.2, 0.25) is 0 Å². The zero-order valence-corrected chi connectivity index (χ0v) is 13.7. The van der Waals surface area contributed by atoms with E-state index in [4.69, 9.17) is 4.98 Å². The third kappa shape index (κ3) is 3.18. The molecule has 0 spiro atoms. The second-order valence-corrected chi connectivity index (χ2v) is 6.16. The lowest BCUT2D eigenvalue weighted by molar-refractivity contribution is 0.659. The predicted molar refractivity (Wildman–Crippen MR) is 96.3 cm³/mol. The Hall–Kier alpha value is -2.63. The van der Waals surface area contributed by atoms with Gasteiger partial charge in [0, 0.05) is 44.0 Å². The van der Waals surface area contributed by atoms with E-state index in [1.165, 1.54) is 12.8 Å². The first-order chi connectivity index (χ1) is 11.9. The molecule has 1 aliphatic rings. The maximum absolute atomic E-state index is 4.80. The van der Waals surface area contributed by atoms with Gasteiger partial charge in [-0.1, -0.05) is 12.1 Å². The van der Waals surface area contributed by atoms with Crippen LogP contribution in [0.4, 0.5) is 11.8 Å². The summed E-state index contributed by atoms with van der Waals surface area (Å²) in [6, 6.07) is 8.27. The smallest absolute Gasteiger partial charge is 0.225 e. The summed E-state index contributed by atoms with van der Waals surface area (Å²) in [6.45, 7) is 3.96. The van der Waals surface area contributed by atoms with Gasteiger partial charge in [0.25, 0.3) is 0 Å². The summed E-state index contributed by atoms with van der Waals surface area (Å²) in [7, 11) is 0. The van der Waals surface area contributed by atoms with E-state index in [0.717, 1.165) is 55.3 Å². The zero-order chi connectivity index (χ0) is 16.2. The summed E-state index contributed by atoms with van der Waals surface area (Å²) >= 11 is 0. The number of imidazole rings is 1. The molecule has 1 fully saturated rings. The molecule has 6 nitrogen and oxygen atoms in total. The Morgan fingerprint density at radius 2 is 1.96 bits per heavy atom. The molecule has 0 bridgehead atoms. The molecule has 1 aliphatic heterocycles. The average Bonchev–Trinajstić information content (AvgIpc) is 3.31. The van der Waals surface area contributed by atoms with Gasteiger partial charge in [0.2, 0.25) is 5.95 Å². The Balaban J connectivity index is 1.50. The van der Waals surface area contributed by atoms with E-state index in [0.29, 0.717) is 0 Å². The van der Waals surface area contributed by atoms with Crippen LogP contribution in [0.1, 0.15) is 19.3 Å². The fourth-order valence-corrected chi connectivity index (χ4v) is 3.19. The number of para-hydroxylation sites is 1. The third-order valence-electron chi connectivity index (χ3n) is 4.42. The summed E-state index contributed by atoms with van der Waals surface area (Å²) in [6.07, 6.45) is 9.13. The van der Waals surface area contributed by atoms with Crippen molar-refractivity contribution in [3.8, 4) is 0 Å². The van der Waals surface area contributed by atoms with Gasteiger partial charge in [-0.3, -0.25) is 0 Å². The highest BCUT2D eigenvalue weighted by Crippen LogP contribution is 2.27. The zero-order valence-electron chi connectivity index (χ0n) is 13.7. The van der Waals surface area contributed by atoms with Gasteiger partial charge in [0.1, 0.15) is 5.82 Å². The number of fused-ring (bicyclic) bond motifs is 1. The highest BCUT2D eigenvalue weighted by molar-refractivity contribution is 5.90. The van der Waals surface area contributed by atoms with E-state index in [-0.39, 0.29) is 0 Å². The number of nitrogens with zero attached hydrogens (tertiary/aromatic N) is 5. The number of nitrogens with one attached hydrogen (secondary N) is 1. The maximum Gasteiger partial charge on any atom is 0.225 e. The summed E-state index contributed by atoms with van der Waals surface area (Å²) in [4.78, 5) is 15.9. The molecular weight excluding hydrogens is 300 g/mol. The van der Waals surface area contributed by atoms with Crippen LogP contribution in [0.3, 0.4) is 0 Å². The molecule has 3 aromatic rings. The van der Waals surface area contributed by atoms with Gasteiger partial charge in [0.15, 0.2) is 0 Å². The van der Waals surface area contributed by atoms with Crippen LogP contribution in [0.5, 0.6) is 0 Å². The number of aryl methyl sites for hydroxylation is 1. The number of rotatable bonds is 6. The maximum atomic E-state index is 4.80. The molecule has 0 saturated carbocycles. The molecule has 1 N–H and O–H groups in total. The van der Waals surface area contributed by atoms with Crippen molar-refractivity contribution in [2.45, 2.75) is 25.8 Å². The monoisotopic (exact) mass is 322 g/mol. The normalized spacial score (nSPS) is 14.4. The van der Waals surface area contributed by atoms with Crippen LogP contribution in [0.15, 0.2) is 43.0 Å². The molecule has 0 radical (unpaired) electrons. The first-order valence-electron chi connectivity index (χ1n) is 8.61. The van der Waals surface area contributed by atoms with Gasteiger partial charge in [-0.25, -0.2) is 9.97 Å². The van der Waals surface area contributed by atoms with E-state index in [1.54, 1.807) is 0 Å². The molecule has 124 valence electrons. The van der Waals surface area contributed by atoms with Crippen molar-refractivity contribution in [1.29, 1.82) is 0 Å². The number of aromatic nitrogens is 4. The van der Waals surface area contributed by atoms with Crippen LogP contribution in [0.25, 0.3) is 10.9 Å². The second kappa shape index (κ2) is 6.86. The molecule has 0 unspecified atom stereocenters. The third-order valence-corrected chi connectivity index (χ3v) is 4.42. The molecule has 6 heteroatoms. The van der Waals surface area contributed by atoms with Crippen molar-refractivity contribution in [3.05, 3.63) is 43.0 Å². The lowest BCUT2D eigenvalue weighted by Crippen LogP contribution is -2.20. The van der Waals surface area contributed by atoms with Crippen LogP contribution in [-0.4, -0.2) is 39.2 Å². The highest BCUT2D eigenvalue weighted by atomic mass is 15.2. The Kier molecular flexibility index (Phi) is 4.27. The van der Waals surface area contributed by atoms with E-state index in [9.17, 15) is 0 Å². The lowest BCUT2D eigenvalue weighted by atomic mass is 10.2. The van der Waals surface area contributed by atoms with Crippen molar-refractivity contribution < 1.29 is 0 Å². The molecule has 4 rings (SSSR count). The van der Waals surface area contributed by atoms with E-state index in [1.807, 2.05) is 24.8 Å². The molecule has 0 atom stereocenters. The number of anilines is 2. The van der Waals surface area contributed by atoms with Gasteiger partial charge < -0.3 is 14.8 Å². The molecule has 1 aromatic carbocycles. The molecule has 0 aliphatic carbocycles. The van der Waals surface area contributed by atoms with E-state index < -0.39 is 0 Å². The van der Waals surface area contributed by atoms with Crippen molar-refractivity contribution >= 4 is 22.7 Å².